The Morgan fingerprint density at radius 3 is 1.34 bits per heavy atom. The number of hydrogen-bond acceptors (Lipinski definition) is 12. The van der Waals surface area contributed by atoms with Crippen LogP contribution in [0.25, 0.3) is 0 Å². The highest BCUT2D eigenvalue weighted by molar-refractivity contribution is 5.97. The Labute approximate surface area is 222 Å². The van der Waals surface area contributed by atoms with Gasteiger partial charge in [0.1, 0.15) is 12.7 Å². The van der Waals surface area contributed by atoms with Gasteiger partial charge in [0.25, 0.3) is 0 Å². The molecular formula is C26H38O12. The highest BCUT2D eigenvalue weighted by Crippen LogP contribution is 2.21. The third kappa shape index (κ3) is 12.0. The molecule has 0 aromatic heterocycles. The van der Waals surface area contributed by atoms with Crippen molar-refractivity contribution in [2.24, 2.45) is 11.8 Å². The van der Waals surface area contributed by atoms with Crippen LogP contribution in [0, 0.1) is 11.8 Å². The Morgan fingerprint density at radius 1 is 0.579 bits per heavy atom. The van der Waals surface area contributed by atoms with Crippen molar-refractivity contribution in [3.8, 4) is 0 Å². The number of esters is 6. The number of carbonyl (C=O) groups excluding carboxylic acids is 6. The van der Waals surface area contributed by atoms with E-state index in [9.17, 15) is 28.8 Å². The predicted molar refractivity (Wildman–Crippen MR) is 132 cm³/mol. The summed E-state index contributed by atoms with van der Waals surface area (Å²) in [6, 6.07) is 0. The lowest BCUT2D eigenvalue weighted by atomic mass is 9.96. The first-order valence-corrected chi connectivity index (χ1v) is 12.4. The molecule has 0 aliphatic carbocycles. The Hall–Kier alpha value is -3.70. The van der Waals surface area contributed by atoms with E-state index in [0.717, 1.165) is 0 Å². The molecule has 0 N–H and O–H groups in total. The summed E-state index contributed by atoms with van der Waals surface area (Å²) in [5.41, 5.74) is -0.665. The highest BCUT2D eigenvalue weighted by atomic mass is 16.6. The standard InChI is InChI=1S/C26H38O12/c1-8-18(38-24(30)17(7)20(26(32)36-12-5)14-22(28)34-10-3)15-37-23(29)16(6)19(25(31)35-11-4)13-21(27)33-9-2/h18-20H,6-15H2,1-5H3. The van der Waals surface area contributed by atoms with E-state index in [1.165, 1.54) is 0 Å². The molecule has 3 atom stereocenters. The molecule has 0 aliphatic rings. The topological polar surface area (TPSA) is 158 Å². The molecule has 0 fully saturated rings. The quantitative estimate of drug-likeness (QED) is 0.141. The van der Waals surface area contributed by atoms with Gasteiger partial charge < -0.3 is 28.4 Å². The fourth-order valence-electron chi connectivity index (χ4n) is 2.96. The number of ether oxygens (including phenoxy) is 6. The summed E-state index contributed by atoms with van der Waals surface area (Å²) in [5, 5.41) is 0. The van der Waals surface area contributed by atoms with E-state index in [0.29, 0.717) is 0 Å². The van der Waals surface area contributed by atoms with Crippen molar-refractivity contribution in [1.82, 2.24) is 0 Å². The van der Waals surface area contributed by atoms with Gasteiger partial charge in [0.2, 0.25) is 0 Å². The van der Waals surface area contributed by atoms with Crippen molar-refractivity contribution in [2.75, 3.05) is 33.0 Å². The number of carbonyl (C=O) groups is 6. The molecule has 0 aliphatic heterocycles. The molecule has 0 saturated heterocycles. The van der Waals surface area contributed by atoms with E-state index in [4.69, 9.17) is 28.4 Å². The van der Waals surface area contributed by atoms with Gasteiger partial charge in [-0.15, -0.1) is 0 Å². The maximum absolute atomic E-state index is 12.7. The molecule has 214 valence electrons. The molecular weight excluding hydrogens is 504 g/mol. The molecule has 12 heteroatoms. The lowest BCUT2D eigenvalue weighted by Gasteiger charge is -2.21. The van der Waals surface area contributed by atoms with Gasteiger partial charge in [0, 0.05) is 11.1 Å². The van der Waals surface area contributed by atoms with Crippen LogP contribution in [-0.4, -0.2) is 75.0 Å². The molecule has 0 saturated carbocycles. The van der Waals surface area contributed by atoms with Crippen molar-refractivity contribution in [1.29, 1.82) is 0 Å². The van der Waals surface area contributed by atoms with Gasteiger partial charge in [-0.25, -0.2) is 9.59 Å². The second kappa shape index (κ2) is 18.5. The van der Waals surface area contributed by atoms with Gasteiger partial charge in [-0.05, 0) is 34.1 Å². The maximum Gasteiger partial charge on any atom is 0.334 e. The van der Waals surface area contributed by atoms with Crippen molar-refractivity contribution >= 4 is 35.8 Å². The third-order valence-corrected chi connectivity index (χ3v) is 4.99. The summed E-state index contributed by atoms with van der Waals surface area (Å²) < 4.78 is 30.0. The van der Waals surface area contributed by atoms with E-state index in [1.807, 2.05) is 0 Å². The molecule has 38 heavy (non-hydrogen) atoms. The lowest BCUT2D eigenvalue weighted by Crippen LogP contribution is -2.32. The summed E-state index contributed by atoms with van der Waals surface area (Å²) in [5.74, 6) is -7.79. The summed E-state index contributed by atoms with van der Waals surface area (Å²) >= 11 is 0. The van der Waals surface area contributed by atoms with Crippen LogP contribution in [0.4, 0.5) is 0 Å². The van der Waals surface area contributed by atoms with Gasteiger partial charge in [-0.1, -0.05) is 20.1 Å². The van der Waals surface area contributed by atoms with Gasteiger partial charge >= 0.3 is 35.8 Å². The average molecular weight is 543 g/mol. The van der Waals surface area contributed by atoms with Crippen LogP contribution >= 0.6 is 0 Å². The van der Waals surface area contributed by atoms with Crippen LogP contribution in [0.15, 0.2) is 24.3 Å². The summed E-state index contributed by atoms with van der Waals surface area (Å²) in [4.78, 5) is 73.6. The SMILES string of the molecule is C=C(C(=O)OCC(CC)OC(=O)C(=C)C(CC(=O)OCC)C(=O)OCC)C(CC(=O)OCC)C(=O)OCC. The van der Waals surface area contributed by atoms with E-state index in [2.05, 4.69) is 13.2 Å². The molecule has 0 radical (unpaired) electrons. The lowest BCUT2D eigenvalue weighted by molar-refractivity contribution is -0.159. The predicted octanol–water partition coefficient (Wildman–Crippen LogP) is 2.23. The minimum absolute atomic E-state index is 0.0148. The Kier molecular flexibility index (Phi) is 16.7. The van der Waals surface area contributed by atoms with E-state index in [1.54, 1.807) is 34.6 Å². The Morgan fingerprint density at radius 2 is 0.974 bits per heavy atom. The van der Waals surface area contributed by atoms with Crippen LogP contribution in [0.2, 0.25) is 0 Å². The molecule has 0 amide bonds. The zero-order valence-electron chi connectivity index (χ0n) is 22.7. The van der Waals surface area contributed by atoms with Crippen LogP contribution in [-0.2, 0) is 57.2 Å². The molecule has 12 nitrogen and oxygen atoms in total. The highest BCUT2D eigenvalue weighted by Gasteiger charge is 2.34. The third-order valence-electron chi connectivity index (χ3n) is 4.99. The monoisotopic (exact) mass is 542 g/mol. The second-order valence-electron chi connectivity index (χ2n) is 7.71. The minimum Gasteiger partial charge on any atom is -0.466 e. The first-order valence-electron chi connectivity index (χ1n) is 12.4. The smallest absolute Gasteiger partial charge is 0.334 e. The molecule has 0 aromatic rings. The summed E-state index contributed by atoms with van der Waals surface area (Å²) in [6.07, 6.45) is -1.71. The normalized spacial score (nSPS) is 12.7. The van der Waals surface area contributed by atoms with Crippen LogP contribution < -0.4 is 0 Å². The van der Waals surface area contributed by atoms with Crippen molar-refractivity contribution in [3.05, 3.63) is 24.3 Å². The first-order chi connectivity index (χ1) is 18.0. The molecule has 0 spiro atoms. The molecule has 3 unspecified atom stereocenters. The molecule has 0 aromatic carbocycles. The molecule has 0 heterocycles. The van der Waals surface area contributed by atoms with Gasteiger partial charge in [-0.3, -0.25) is 19.2 Å². The Balaban J connectivity index is 5.33. The largest absolute Gasteiger partial charge is 0.466 e. The number of rotatable bonds is 18. The van der Waals surface area contributed by atoms with E-state index < -0.39 is 73.2 Å². The second-order valence-corrected chi connectivity index (χ2v) is 7.71. The van der Waals surface area contributed by atoms with Gasteiger partial charge in [-0.2, -0.15) is 0 Å². The zero-order chi connectivity index (χ0) is 29.3. The van der Waals surface area contributed by atoms with Crippen LogP contribution in [0.1, 0.15) is 53.9 Å². The fourth-order valence-corrected chi connectivity index (χ4v) is 2.96. The maximum atomic E-state index is 12.7. The van der Waals surface area contributed by atoms with E-state index in [-0.39, 0.29) is 44.0 Å². The van der Waals surface area contributed by atoms with Gasteiger partial charge in [0.05, 0.1) is 51.1 Å². The summed E-state index contributed by atoms with van der Waals surface area (Å²) in [6.45, 7) is 14.9. The Bertz CT molecular complexity index is 875. The summed E-state index contributed by atoms with van der Waals surface area (Å²) in [7, 11) is 0. The first kappa shape index (κ1) is 34.3. The zero-order valence-corrected chi connectivity index (χ0v) is 22.7. The molecule has 0 rings (SSSR count). The van der Waals surface area contributed by atoms with E-state index >= 15 is 0 Å². The minimum atomic E-state index is -1.32. The van der Waals surface area contributed by atoms with Crippen molar-refractivity contribution < 1.29 is 57.2 Å². The van der Waals surface area contributed by atoms with Crippen molar-refractivity contribution in [2.45, 2.75) is 60.0 Å². The van der Waals surface area contributed by atoms with Crippen LogP contribution in [0.3, 0.4) is 0 Å². The average Bonchev–Trinajstić information content (AvgIpc) is 2.87. The number of hydrogen-bond donors (Lipinski definition) is 0. The molecule has 0 bridgehead atoms. The van der Waals surface area contributed by atoms with Crippen molar-refractivity contribution in [3.63, 3.8) is 0 Å². The van der Waals surface area contributed by atoms with Gasteiger partial charge in [0.15, 0.2) is 0 Å². The van der Waals surface area contributed by atoms with Crippen LogP contribution in [0.5, 0.6) is 0 Å². The fraction of sp³-hybridized carbons (Fsp3) is 0.615.